The highest BCUT2D eigenvalue weighted by atomic mass is 32.1. The van der Waals surface area contributed by atoms with Gasteiger partial charge in [0, 0.05) is 24.1 Å². The Labute approximate surface area is 129 Å². The lowest BCUT2D eigenvalue weighted by Crippen LogP contribution is -2.23. The second-order valence-electron chi connectivity index (χ2n) is 6.89. The van der Waals surface area contributed by atoms with Gasteiger partial charge in [0.25, 0.3) is 0 Å². The number of carbonyl (C=O) groups excluding carboxylic acids is 1. The molecule has 0 aromatic carbocycles. The van der Waals surface area contributed by atoms with Crippen molar-refractivity contribution in [2.75, 3.05) is 31.2 Å². The molecule has 0 bridgehead atoms. The monoisotopic (exact) mass is 305 g/mol. The predicted molar refractivity (Wildman–Crippen MR) is 87.3 cm³/mol. The van der Waals surface area contributed by atoms with Crippen molar-refractivity contribution in [1.82, 2.24) is 4.90 Å². The topological polar surface area (TPSA) is 58.4 Å². The normalized spacial score (nSPS) is 26.2. The van der Waals surface area contributed by atoms with E-state index < -0.39 is 0 Å². The molecule has 0 spiro atoms. The summed E-state index contributed by atoms with van der Waals surface area (Å²) in [5.74, 6) is 1.13. The van der Waals surface area contributed by atoms with E-state index in [1.54, 1.807) is 11.3 Å². The Hall–Kier alpha value is -1.07. The highest BCUT2D eigenvalue weighted by Crippen LogP contribution is 2.52. The molecule has 1 aromatic rings. The molecule has 0 amide bonds. The third-order valence-corrected chi connectivity index (χ3v) is 6.03. The highest BCUT2D eigenvalue weighted by Gasteiger charge is 2.38. The average Bonchev–Trinajstić information content (AvgIpc) is 3.36. The first-order valence-electron chi connectivity index (χ1n) is 8.05. The number of nitrogens with one attached hydrogen (secondary N) is 1. The number of nitrogen functional groups attached to an aromatic ring is 1. The van der Waals surface area contributed by atoms with E-state index in [4.69, 9.17) is 5.73 Å². The molecule has 5 heteroatoms. The van der Waals surface area contributed by atoms with Crippen LogP contribution in [0.15, 0.2) is 0 Å². The molecule has 3 aliphatic rings. The molecule has 2 aliphatic carbocycles. The Morgan fingerprint density at radius 1 is 1.29 bits per heavy atom. The number of nitrogens with zero attached hydrogens (tertiary/aromatic N) is 1. The maximum atomic E-state index is 12.4. The van der Waals surface area contributed by atoms with Gasteiger partial charge in [-0.05, 0) is 51.6 Å². The Bertz CT molecular complexity index is 574. The number of Topliss-reactive ketones (excluding diaryl/α,β-unsaturated/α-hetero) is 1. The Morgan fingerprint density at radius 2 is 2.05 bits per heavy atom. The molecule has 114 valence electrons. The molecular weight excluding hydrogens is 282 g/mol. The van der Waals surface area contributed by atoms with Crippen molar-refractivity contribution in [1.29, 1.82) is 0 Å². The van der Waals surface area contributed by atoms with Gasteiger partial charge in [-0.2, -0.15) is 0 Å². The second-order valence-corrected chi connectivity index (χ2v) is 7.91. The number of ketones is 1. The molecule has 4 nitrogen and oxygen atoms in total. The second kappa shape index (κ2) is 4.99. The van der Waals surface area contributed by atoms with Gasteiger partial charge < -0.3 is 16.0 Å². The van der Waals surface area contributed by atoms with Gasteiger partial charge >= 0.3 is 0 Å². The van der Waals surface area contributed by atoms with Gasteiger partial charge in [-0.1, -0.05) is 0 Å². The highest BCUT2D eigenvalue weighted by molar-refractivity contribution is 7.19. The zero-order chi connectivity index (χ0) is 14.6. The summed E-state index contributed by atoms with van der Waals surface area (Å²) in [4.78, 5) is 15.6. The fourth-order valence-electron chi connectivity index (χ4n) is 3.29. The molecule has 1 unspecified atom stereocenters. The van der Waals surface area contributed by atoms with E-state index in [1.165, 1.54) is 29.8 Å². The lowest BCUT2D eigenvalue weighted by molar-refractivity contribution is 0.0972. The maximum Gasteiger partial charge on any atom is 0.178 e. The number of hydrogen-bond acceptors (Lipinski definition) is 5. The van der Waals surface area contributed by atoms with Crippen molar-refractivity contribution >= 4 is 27.8 Å². The smallest absolute Gasteiger partial charge is 0.178 e. The van der Waals surface area contributed by atoms with Crippen LogP contribution in [0.1, 0.15) is 53.3 Å². The Kier molecular flexibility index (Phi) is 3.23. The van der Waals surface area contributed by atoms with Crippen molar-refractivity contribution in [3.05, 3.63) is 10.4 Å². The Morgan fingerprint density at radius 3 is 2.62 bits per heavy atom. The van der Waals surface area contributed by atoms with E-state index in [1.807, 2.05) is 0 Å². The summed E-state index contributed by atoms with van der Waals surface area (Å²) in [6.45, 7) is 2.22. The molecule has 1 saturated heterocycles. The third-order valence-electron chi connectivity index (χ3n) is 4.87. The van der Waals surface area contributed by atoms with Crippen molar-refractivity contribution < 1.29 is 4.79 Å². The minimum atomic E-state index is 0.253. The van der Waals surface area contributed by atoms with Gasteiger partial charge in [-0.3, -0.25) is 4.79 Å². The molecule has 1 atom stereocenters. The van der Waals surface area contributed by atoms with Crippen LogP contribution < -0.4 is 11.1 Å². The van der Waals surface area contributed by atoms with Crippen LogP contribution in [-0.4, -0.2) is 36.9 Å². The van der Waals surface area contributed by atoms with Gasteiger partial charge in [-0.25, -0.2) is 0 Å². The van der Waals surface area contributed by atoms with Gasteiger partial charge in [0.15, 0.2) is 5.78 Å². The van der Waals surface area contributed by atoms with Gasteiger partial charge in [0.05, 0.1) is 15.6 Å². The summed E-state index contributed by atoms with van der Waals surface area (Å²) in [5.41, 5.74) is 8.39. The summed E-state index contributed by atoms with van der Waals surface area (Å²) in [6, 6.07) is 0.495. The summed E-state index contributed by atoms with van der Waals surface area (Å²) in [5, 5.41) is 4.86. The fraction of sp³-hybridized carbons (Fsp3) is 0.688. The van der Waals surface area contributed by atoms with Crippen molar-refractivity contribution in [3.8, 4) is 0 Å². The van der Waals surface area contributed by atoms with Crippen molar-refractivity contribution in [2.45, 2.75) is 44.1 Å². The minimum Gasteiger partial charge on any atom is -0.397 e. The molecule has 2 saturated carbocycles. The summed E-state index contributed by atoms with van der Waals surface area (Å²) in [6.07, 6.45) is 5.70. The number of anilines is 2. The number of nitrogens with two attached hydrogens (primary N) is 1. The molecular formula is C16H23N3OS. The minimum absolute atomic E-state index is 0.253. The number of thiophene rings is 1. The molecule has 2 heterocycles. The van der Waals surface area contributed by atoms with Gasteiger partial charge in [0.2, 0.25) is 0 Å². The van der Waals surface area contributed by atoms with E-state index in [0.717, 1.165) is 36.5 Å². The Balaban J connectivity index is 1.62. The quantitative estimate of drug-likeness (QED) is 0.821. The van der Waals surface area contributed by atoms with Crippen LogP contribution >= 0.6 is 11.3 Å². The van der Waals surface area contributed by atoms with Crippen molar-refractivity contribution in [2.24, 2.45) is 5.92 Å². The molecule has 1 aromatic heterocycles. The van der Waals surface area contributed by atoms with Crippen LogP contribution in [0, 0.1) is 5.92 Å². The zero-order valence-corrected chi connectivity index (χ0v) is 13.3. The molecule has 0 radical (unpaired) electrons. The van der Waals surface area contributed by atoms with Crippen molar-refractivity contribution in [3.63, 3.8) is 0 Å². The van der Waals surface area contributed by atoms with Crippen LogP contribution in [0.3, 0.4) is 0 Å². The van der Waals surface area contributed by atoms with Crippen LogP contribution in [-0.2, 0) is 0 Å². The first-order valence-corrected chi connectivity index (χ1v) is 8.86. The van der Waals surface area contributed by atoms with Crippen LogP contribution in [0.2, 0.25) is 0 Å². The first-order chi connectivity index (χ1) is 10.1. The van der Waals surface area contributed by atoms with E-state index in [2.05, 4.69) is 17.3 Å². The number of carbonyl (C=O) groups is 1. The fourth-order valence-corrected chi connectivity index (χ4v) is 4.60. The first kappa shape index (κ1) is 13.6. The third kappa shape index (κ3) is 2.57. The number of likely N-dealkylation sites (tertiary alicyclic amines) is 1. The molecule has 1 aliphatic heterocycles. The summed E-state index contributed by atoms with van der Waals surface area (Å²) < 4.78 is 0. The zero-order valence-electron chi connectivity index (χ0n) is 12.5. The number of likely N-dealkylation sites (N-methyl/N-ethyl adjacent to an activating group) is 1. The number of rotatable bonds is 5. The molecule has 4 rings (SSSR count). The summed E-state index contributed by atoms with van der Waals surface area (Å²) in [7, 11) is 2.16. The van der Waals surface area contributed by atoms with Gasteiger partial charge in [-0.15, -0.1) is 11.3 Å². The van der Waals surface area contributed by atoms with E-state index >= 15 is 0 Å². The largest absolute Gasteiger partial charge is 0.397 e. The van der Waals surface area contributed by atoms with Crippen LogP contribution in [0.25, 0.3) is 0 Å². The molecule has 3 fully saturated rings. The standard InChI is InChI=1S/C16H23N3OS/c1-19-7-6-11(8-19)18-16-12(9-2-3-9)13(17)15(21-16)14(20)10-4-5-10/h9-11,18H,2-8,17H2,1H3. The maximum absolute atomic E-state index is 12.4. The molecule has 3 N–H and O–H groups in total. The average molecular weight is 305 g/mol. The number of hydrogen-bond donors (Lipinski definition) is 2. The predicted octanol–water partition coefficient (Wildman–Crippen LogP) is 2.92. The van der Waals surface area contributed by atoms with E-state index in [-0.39, 0.29) is 11.7 Å². The van der Waals surface area contributed by atoms with E-state index in [9.17, 15) is 4.79 Å². The van der Waals surface area contributed by atoms with Crippen LogP contribution in [0.5, 0.6) is 0 Å². The lowest BCUT2D eigenvalue weighted by Gasteiger charge is -2.14. The molecule has 21 heavy (non-hydrogen) atoms. The van der Waals surface area contributed by atoms with Crippen LogP contribution in [0.4, 0.5) is 10.7 Å². The van der Waals surface area contributed by atoms with Gasteiger partial charge in [0.1, 0.15) is 0 Å². The summed E-state index contributed by atoms with van der Waals surface area (Å²) >= 11 is 1.61. The SMILES string of the molecule is CN1CCC(Nc2sc(C(=O)C3CC3)c(N)c2C2CC2)C1. The lowest BCUT2D eigenvalue weighted by atomic mass is 10.1. The van der Waals surface area contributed by atoms with E-state index in [0.29, 0.717) is 12.0 Å².